The van der Waals surface area contributed by atoms with Crippen LogP contribution in [0, 0.1) is 0 Å². The highest BCUT2D eigenvalue weighted by Crippen LogP contribution is 2.46. The normalized spacial score (nSPS) is 15.6. The van der Waals surface area contributed by atoms with Crippen LogP contribution in [-0.2, 0) is 0 Å². The van der Waals surface area contributed by atoms with Crippen LogP contribution < -0.4 is 4.74 Å². The van der Waals surface area contributed by atoms with Crippen LogP contribution in [0.3, 0.4) is 0 Å². The van der Waals surface area contributed by atoms with E-state index >= 15 is 0 Å². The lowest BCUT2D eigenvalue weighted by Crippen LogP contribution is -2.12. The molecule has 4 aromatic rings. The number of benzene rings is 4. The van der Waals surface area contributed by atoms with E-state index in [1.165, 1.54) is 11.1 Å². The molecule has 31 heavy (non-hydrogen) atoms. The number of nitrogens with zero attached hydrogens (tertiary/aromatic N) is 1. The van der Waals surface area contributed by atoms with E-state index in [9.17, 15) is 0 Å². The summed E-state index contributed by atoms with van der Waals surface area (Å²) >= 11 is 0. The molecule has 4 aromatic carbocycles. The van der Waals surface area contributed by atoms with E-state index in [0.29, 0.717) is 0 Å². The van der Waals surface area contributed by atoms with Crippen molar-refractivity contribution in [1.82, 2.24) is 0 Å². The predicted molar refractivity (Wildman–Crippen MR) is 128 cm³/mol. The SMILES string of the molecule is COc1ccc(C2=C(c3ccccc3)N=C(c3ccccc3)C2c2ccccc2)cc1. The van der Waals surface area contributed by atoms with Crippen LogP contribution in [0.25, 0.3) is 11.3 Å². The molecular weight excluding hydrogens is 378 g/mol. The van der Waals surface area contributed by atoms with Crippen molar-refractivity contribution in [3.05, 3.63) is 138 Å². The van der Waals surface area contributed by atoms with Crippen LogP contribution in [0.15, 0.2) is 120 Å². The first kappa shape index (κ1) is 19.1. The maximum Gasteiger partial charge on any atom is 0.118 e. The molecule has 150 valence electrons. The van der Waals surface area contributed by atoms with E-state index in [1.807, 2.05) is 24.3 Å². The summed E-state index contributed by atoms with van der Waals surface area (Å²) in [7, 11) is 1.70. The molecule has 0 N–H and O–H groups in total. The molecule has 5 rings (SSSR count). The number of hydrogen-bond donors (Lipinski definition) is 0. The zero-order valence-electron chi connectivity index (χ0n) is 17.4. The van der Waals surface area contributed by atoms with Gasteiger partial charge in [0, 0.05) is 5.56 Å². The minimum absolute atomic E-state index is 0.0483. The second-order valence-corrected chi connectivity index (χ2v) is 7.56. The first-order chi connectivity index (χ1) is 15.3. The average Bonchev–Trinajstić information content (AvgIpc) is 3.26. The van der Waals surface area contributed by atoms with Crippen molar-refractivity contribution in [2.45, 2.75) is 5.92 Å². The van der Waals surface area contributed by atoms with Crippen molar-refractivity contribution in [1.29, 1.82) is 0 Å². The van der Waals surface area contributed by atoms with Crippen molar-refractivity contribution in [2.75, 3.05) is 7.11 Å². The first-order valence-electron chi connectivity index (χ1n) is 10.5. The van der Waals surface area contributed by atoms with E-state index < -0.39 is 0 Å². The monoisotopic (exact) mass is 401 g/mol. The van der Waals surface area contributed by atoms with Gasteiger partial charge in [0.15, 0.2) is 0 Å². The van der Waals surface area contributed by atoms with Gasteiger partial charge in [0.1, 0.15) is 5.75 Å². The second kappa shape index (κ2) is 8.45. The van der Waals surface area contributed by atoms with Crippen molar-refractivity contribution in [2.24, 2.45) is 4.99 Å². The fraction of sp³-hybridized carbons (Fsp3) is 0.0690. The van der Waals surface area contributed by atoms with Crippen LogP contribution >= 0.6 is 0 Å². The Labute approximate surface area is 183 Å². The van der Waals surface area contributed by atoms with Crippen LogP contribution in [0.2, 0.25) is 0 Å². The standard InChI is InChI=1S/C29H23NO/c1-31-25-19-17-22(18-20-25)27-26(21-11-5-2-6-12-21)28(23-13-7-3-8-14-23)30-29(27)24-15-9-4-10-16-24/h2-20,26H,1H3. The average molecular weight is 402 g/mol. The fourth-order valence-corrected chi connectivity index (χ4v) is 4.22. The zero-order valence-corrected chi connectivity index (χ0v) is 17.4. The Kier molecular flexibility index (Phi) is 5.20. The van der Waals surface area contributed by atoms with E-state index in [-0.39, 0.29) is 5.92 Å². The summed E-state index contributed by atoms with van der Waals surface area (Å²) in [4.78, 5) is 5.25. The maximum atomic E-state index is 5.40. The predicted octanol–water partition coefficient (Wildman–Crippen LogP) is 6.85. The van der Waals surface area contributed by atoms with Gasteiger partial charge in [0.25, 0.3) is 0 Å². The summed E-state index contributed by atoms with van der Waals surface area (Å²) < 4.78 is 5.40. The van der Waals surface area contributed by atoms with Crippen LogP contribution in [-0.4, -0.2) is 12.8 Å². The third-order valence-electron chi connectivity index (χ3n) is 5.70. The molecule has 2 nitrogen and oxygen atoms in total. The van der Waals surface area contributed by atoms with Gasteiger partial charge in [0.2, 0.25) is 0 Å². The largest absolute Gasteiger partial charge is 0.497 e. The molecule has 0 fully saturated rings. The maximum absolute atomic E-state index is 5.40. The molecule has 2 heteroatoms. The van der Waals surface area contributed by atoms with E-state index in [2.05, 4.69) is 91.0 Å². The molecule has 0 saturated heterocycles. The highest BCUT2D eigenvalue weighted by Gasteiger charge is 2.33. The molecule has 0 bridgehead atoms. The Balaban J connectivity index is 1.76. The minimum atomic E-state index is 0.0483. The quantitative estimate of drug-likeness (QED) is 0.358. The molecule has 0 spiro atoms. The summed E-state index contributed by atoms with van der Waals surface area (Å²) in [6, 6.07) is 39.9. The van der Waals surface area contributed by atoms with Gasteiger partial charge in [0.05, 0.1) is 24.4 Å². The van der Waals surface area contributed by atoms with Gasteiger partial charge in [-0.05, 0) is 34.4 Å². The number of allylic oxidation sites excluding steroid dienone is 1. The topological polar surface area (TPSA) is 21.6 Å². The van der Waals surface area contributed by atoms with Crippen molar-refractivity contribution < 1.29 is 4.74 Å². The number of methoxy groups -OCH3 is 1. The Morgan fingerprint density at radius 3 is 1.71 bits per heavy atom. The first-order valence-corrected chi connectivity index (χ1v) is 10.5. The lowest BCUT2D eigenvalue weighted by Gasteiger charge is -2.20. The molecule has 1 heterocycles. The molecule has 1 atom stereocenters. The Hall–Kier alpha value is -3.91. The van der Waals surface area contributed by atoms with Gasteiger partial charge in [-0.2, -0.15) is 0 Å². The number of hydrogen-bond acceptors (Lipinski definition) is 2. The van der Waals surface area contributed by atoms with Crippen molar-refractivity contribution >= 4 is 17.0 Å². The summed E-state index contributed by atoms with van der Waals surface area (Å²) in [6.07, 6.45) is 0. The van der Waals surface area contributed by atoms with E-state index in [1.54, 1.807) is 7.11 Å². The van der Waals surface area contributed by atoms with Crippen molar-refractivity contribution in [3.63, 3.8) is 0 Å². The summed E-state index contributed by atoms with van der Waals surface area (Å²) in [5.41, 5.74) is 7.99. The Bertz CT molecular complexity index is 1220. The van der Waals surface area contributed by atoms with Crippen LogP contribution in [0.1, 0.15) is 28.2 Å². The summed E-state index contributed by atoms with van der Waals surface area (Å²) in [5.74, 6) is 0.899. The van der Waals surface area contributed by atoms with Crippen LogP contribution in [0.5, 0.6) is 5.75 Å². The molecule has 0 amide bonds. The lowest BCUT2D eigenvalue weighted by atomic mass is 9.81. The van der Waals surface area contributed by atoms with Crippen molar-refractivity contribution in [3.8, 4) is 5.75 Å². The lowest BCUT2D eigenvalue weighted by molar-refractivity contribution is 0.415. The fourth-order valence-electron chi connectivity index (χ4n) is 4.22. The van der Waals surface area contributed by atoms with Crippen LogP contribution in [0.4, 0.5) is 0 Å². The molecule has 0 aliphatic carbocycles. The molecular formula is C29H23NO. The molecule has 0 radical (unpaired) electrons. The highest BCUT2D eigenvalue weighted by atomic mass is 16.5. The second-order valence-electron chi connectivity index (χ2n) is 7.56. The Morgan fingerprint density at radius 2 is 1.13 bits per heavy atom. The number of aliphatic imine (C=N–C) groups is 1. The smallest absolute Gasteiger partial charge is 0.118 e. The van der Waals surface area contributed by atoms with Gasteiger partial charge in [-0.25, -0.2) is 0 Å². The number of ether oxygens (including phenoxy) is 1. The third-order valence-corrected chi connectivity index (χ3v) is 5.70. The molecule has 1 aliphatic heterocycles. The Morgan fingerprint density at radius 1 is 0.581 bits per heavy atom. The van der Waals surface area contributed by atoms with Gasteiger partial charge in [-0.15, -0.1) is 0 Å². The minimum Gasteiger partial charge on any atom is -0.497 e. The number of rotatable bonds is 5. The zero-order chi connectivity index (χ0) is 21.0. The molecule has 0 saturated carbocycles. The van der Waals surface area contributed by atoms with Gasteiger partial charge in [-0.3, -0.25) is 4.99 Å². The van der Waals surface area contributed by atoms with E-state index in [4.69, 9.17) is 9.73 Å². The summed E-state index contributed by atoms with van der Waals surface area (Å²) in [5, 5.41) is 0. The third kappa shape index (κ3) is 3.69. The highest BCUT2D eigenvalue weighted by molar-refractivity contribution is 6.21. The van der Waals surface area contributed by atoms with Gasteiger partial charge < -0.3 is 4.74 Å². The van der Waals surface area contributed by atoms with E-state index in [0.717, 1.165) is 33.8 Å². The van der Waals surface area contributed by atoms with Gasteiger partial charge >= 0.3 is 0 Å². The molecule has 0 aromatic heterocycles. The molecule has 1 aliphatic rings. The molecule has 1 unspecified atom stereocenters. The van der Waals surface area contributed by atoms with Gasteiger partial charge in [-0.1, -0.05) is 103 Å². The summed E-state index contributed by atoms with van der Waals surface area (Å²) in [6.45, 7) is 0.